The van der Waals surface area contributed by atoms with E-state index in [-0.39, 0.29) is 24.3 Å². The van der Waals surface area contributed by atoms with Crippen molar-refractivity contribution in [1.82, 2.24) is 15.1 Å². The van der Waals surface area contributed by atoms with Crippen molar-refractivity contribution < 1.29 is 14.4 Å². The van der Waals surface area contributed by atoms with Gasteiger partial charge in [0.25, 0.3) is 17.7 Å². The van der Waals surface area contributed by atoms with E-state index in [1.807, 2.05) is 13.1 Å². The second kappa shape index (κ2) is 7.49. The van der Waals surface area contributed by atoms with E-state index in [1.165, 1.54) is 4.90 Å². The minimum atomic E-state index is -0.298. The van der Waals surface area contributed by atoms with Gasteiger partial charge in [-0.1, -0.05) is 24.3 Å². The van der Waals surface area contributed by atoms with E-state index in [1.54, 1.807) is 54.4 Å². The maximum atomic E-state index is 12.5. The minimum Gasteiger partial charge on any atom is -0.340 e. The Bertz CT molecular complexity index is 828. The molecule has 0 saturated heterocycles. The number of hydrogen-bond donors (Lipinski definition) is 1. The molecule has 1 aliphatic heterocycles. The third kappa shape index (κ3) is 3.36. The van der Waals surface area contributed by atoms with Gasteiger partial charge in [-0.15, -0.1) is 0 Å². The van der Waals surface area contributed by atoms with Gasteiger partial charge in [-0.05, 0) is 36.9 Å². The van der Waals surface area contributed by atoms with Crippen LogP contribution in [0.4, 0.5) is 0 Å². The highest BCUT2D eigenvalue weighted by atomic mass is 16.2. The van der Waals surface area contributed by atoms with Crippen molar-refractivity contribution in [1.29, 1.82) is 0 Å². The number of likely N-dealkylation sites (N-methyl/N-ethyl adjacent to an activating group) is 2. The predicted octanol–water partition coefficient (Wildman–Crippen LogP) is 1.77. The Morgan fingerprint density at radius 3 is 2.31 bits per heavy atom. The number of nitrogens with one attached hydrogen (secondary N) is 1. The van der Waals surface area contributed by atoms with Gasteiger partial charge < -0.3 is 10.2 Å². The first-order valence-corrected chi connectivity index (χ1v) is 8.47. The molecule has 1 N–H and O–H groups in total. The summed E-state index contributed by atoms with van der Waals surface area (Å²) in [7, 11) is 3.58. The number of carbonyl (C=O) groups excluding carboxylic acids is 3. The van der Waals surface area contributed by atoms with Crippen molar-refractivity contribution in [2.24, 2.45) is 0 Å². The zero-order valence-electron chi connectivity index (χ0n) is 14.9. The fourth-order valence-corrected chi connectivity index (χ4v) is 2.97. The number of carbonyl (C=O) groups is 3. The van der Waals surface area contributed by atoms with Crippen molar-refractivity contribution in [3.8, 4) is 0 Å². The number of rotatable bonds is 6. The topological polar surface area (TPSA) is 69.7 Å². The highest BCUT2D eigenvalue weighted by molar-refractivity contribution is 6.21. The van der Waals surface area contributed by atoms with E-state index in [4.69, 9.17) is 0 Å². The number of nitrogens with zero attached hydrogens (tertiary/aromatic N) is 2. The summed E-state index contributed by atoms with van der Waals surface area (Å²) in [6, 6.07) is 13.9. The van der Waals surface area contributed by atoms with Gasteiger partial charge in [0.1, 0.15) is 0 Å². The maximum Gasteiger partial charge on any atom is 0.261 e. The zero-order chi connectivity index (χ0) is 18.7. The fourth-order valence-electron chi connectivity index (χ4n) is 2.97. The van der Waals surface area contributed by atoms with Crippen LogP contribution < -0.4 is 5.32 Å². The third-order valence-electron chi connectivity index (χ3n) is 4.44. The standard InChI is InChI=1S/C20H21N3O3/c1-21-10-11-22(2)18(24)15-7-5-6-14(12-15)13-23-19(25)16-8-3-4-9-17(16)20(23)26/h3-9,12,21H,10-11,13H2,1-2H3. The lowest BCUT2D eigenvalue weighted by molar-refractivity contribution is 0.0642. The Hall–Kier alpha value is -2.99. The van der Waals surface area contributed by atoms with E-state index < -0.39 is 0 Å². The largest absolute Gasteiger partial charge is 0.340 e. The lowest BCUT2D eigenvalue weighted by atomic mass is 10.1. The second-order valence-corrected chi connectivity index (χ2v) is 6.27. The van der Waals surface area contributed by atoms with E-state index in [0.717, 1.165) is 5.56 Å². The Morgan fingerprint density at radius 2 is 1.69 bits per heavy atom. The quantitative estimate of drug-likeness (QED) is 0.806. The molecule has 6 nitrogen and oxygen atoms in total. The molecule has 0 atom stereocenters. The van der Waals surface area contributed by atoms with Gasteiger partial charge in [0.05, 0.1) is 17.7 Å². The second-order valence-electron chi connectivity index (χ2n) is 6.27. The highest BCUT2D eigenvalue weighted by Crippen LogP contribution is 2.24. The van der Waals surface area contributed by atoms with Crippen molar-refractivity contribution >= 4 is 17.7 Å². The average Bonchev–Trinajstić information content (AvgIpc) is 2.91. The molecule has 3 rings (SSSR count). The molecule has 2 aromatic carbocycles. The van der Waals surface area contributed by atoms with E-state index in [2.05, 4.69) is 5.32 Å². The molecule has 3 amide bonds. The maximum absolute atomic E-state index is 12.5. The molecule has 1 heterocycles. The van der Waals surface area contributed by atoms with Crippen LogP contribution in [0.15, 0.2) is 48.5 Å². The molecular formula is C20H21N3O3. The van der Waals surface area contributed by atoms with Gasteiger partial charge in [0.15, 0.2) is 0 Å². The average molecular weight is 351 g/mol. The van der Waals surface area contributed by atoms with Crippen LogP contribution in [0.2, 0.25) is 0 Å². The van der Waals surface area contributed by atoms with E-state index in [0.29, 0.717) is 29.8 Å². The van der Waals surface area contributed by atoms with Crippen molar-refractivity contribution in [2.75, 3.05) is 27.2 Å². The summed E-state index contributed by atoms with van der Waals surface area (Å²) in [6.07, 6.45) is 0. The van der Waals surface area contributed by atoms with Crippen LogP contribution in [-0.4, -0.2) is 54.7 Å². The van der Waals surface area contributed by atoms with Crippen LogP contribution in [0.1, 0.15) is 36.6 Å². The van der Waals surface area contributed by atoms with Gasteiger partial charge in [-0.25, -0.2) is 0 Å². The molecule has 1 aliphatic rings. The van der Waals surface area contributed by atoms with E-state index in [9.17, 15) is 14.4 Å². The zero-order valence-corrected chi connectivity index (χ0v) is 14.9. The lowest BCUT2D eigenvalue weighted by Gasteiger charge is -2.18. The summed E-state index contributed by atoms with van der Waals surface area (Å²) < 4.78 is 0. The molecule has 2 aromatic rings. The van der Waals surface area contributed by atoms with Crippen LogP contribution in [0.3, 0.4) is 0 Å². The molecule has 134 valence electrons. The third-order valence-corrected chi connectivity index (χ3v) is 4.44. The fraction of sp³-hybridized carbons (Fsp3) is 0.250. The van der Waals surface area contributed by atoms with Gasteiger partial charge in [0.2, 0.25) is 0 Å². The van der Waals surface area contributed by atoms with Gasteiger partial charge in [-0.3, -0.25) is 19.3 Å². The molecule has 0 spiro atoms. The lowest BCUT2D eigenvalue weighted by Crippen LogP contribution is -2.33. The van der Waals surface area contributed by atoms with Crippen molar-refractivity contribution in [3.63, 3.8) is 0 Å². The number of benzene rings is 2. The number of amides is 3. The molecule has 0 unspecified atom stereocenters. The first kappa shape index (κ1) is 17.8. The van der Waals surface area contributed by atoms with Gasteiger partial charge >= 0.3 is 0 Å². The summed E-state index contributed by atoms with van der Waals surface area (Å²) in [5.41, 5.74) is 2.14. The van der Waals surface area contributed by atoms with Crippen molar-refractivity contribution in [3.05, 3.63) is 70.8 Å². The van der Waals surface area contributed by atoms with Crippen LogP contribution in [0, 0.1) is 0 Å². The molecule has 0 fully saturated rings. The molecular weight excluding hydrogens is 330 g/mol. The summed E-state index contributed by atoms with van der Waals surface area (Å²) in [5, 5.41) is 3.01. The molecule has 0 aliphatic carbocycles. The monoisotopic (exact) mass is 351 g/mol. The molecule has 0 saturated carbocycles. The summed E-state index contributed by atoms with van der Waals surface area (Å²) >= 11 is 0. The number of fused-ring (bicyclic) bond motifs is 1. The highest BCUT2D eigenvalue weighted by Gasteiger charge is 2.35. The molecule has 6 heteroatoms. The Labute approximate surface area is 152 Å². The summed E-state index contributed by atoms with van der Waals surface area (Å²) in [4.78, 5) is 40.3. The van der Waals surface area contributed by atoms with Crippen LogP contribution in [-0.2, 0) is 6.54 Å². The Kier molecular flexibility index (Phi) is 5.14. The van der Waals surface area contributed by atoms with Crippen LogP contribution in [0.25, 0.3) is 0 Å². The SMILES string of the molecule is CNCCN(C)C(=O)c1cccc(CN2C(=O)c3ccccc3C2=O)c1. The van der Waals surface area contributed by atoms with Gasteiger partial charge in [0, 0.05) is 25.7 Å². The number of hydrogen-bond acceptors (Lipinski definition) is 4. The summed E-state index contributed by atoms with van der Waals surface area (Å²) in [5.74, 6) is -0.689. The van der Waals surface area contributed by atoms with E-state index >= 15 is 0 Å². The number of imide groups is 1. The molecule has 0 radical (unpaired) electrons. The molecule has 0 bridgehead atoms. The normalized spacial score (nSPS) is 13.1. The Balaban J connectivity index is 1.77. The summed E-state index contributed by atoms with van der Waals surface area (Å²) in [6.45, 7) is 1.45. The smallest absolute Gasteiger partial charge is 0.261 e. The van der Waals surface area contributed by atoms with Crippen LogP contribution in [0.5, 0.6) is 0 Å². The predicted molar refractivity (Wildman–Crippen MR) is 98.0 cm³/mol. The first-order chi connectivity index (χ1) is 12.5. The molecule has 26 heavy (non-hydrogen) atoms. The molecule has 0 aromatic heterocycles. The minimum absolute atomic E-state index is 0.0931. The van der Waals surface area contributed by atoms with Crippen molar-refractivity contribution in [2.45, 2.75) is 6.54 Å². The first-order valence-electron chi connectivity index (χ1n) is 8.47. The van der Waals surface area contributed by atoms with Gasteiger partial charge in [-0.2, -0.15) is 0 Å². The van der Waals surface area contributed by atoms with Crippen LogP contribution >= 0.6 is 0 Å². The Morgan fingerprint density at radius 1 is 1.04 bits per heavy atom.